The van der Waals surface area contributed by atoms with Crippen molar-refractivity contribution in [3.63, 3.8) is 0 Å². The van der Waals surface area contributed by atoms with Crippen molar-refractivity contribution in [2.75, 3.05) is 5.32 Å². The van der Waals surface area contributed by atoms with E-state index in [9.17, 15) is 0 Å². The Balaban J connectivity index is 1.96. The number of anilines is 2. The molecule has 0 bridgehead atoms. The Morgan fingerprint density at radius 1 is 0.765 bits per heavy atom. The Morgan fingerprint density at radius 3 is 2.41 bits per heavy atom. The lowest BCUT2D eigenvalue weighted by Gasteiger charge is -2.06. The van der Waals surface area contributed by atoms with Crippen molar-refractivity contribution in [3.8, 4) is 0 Å². The average Bonchev–Trinajstić information content (AvgIpc) is 2.40. The molecule has 0 atom stereocenters. The quantitative estimate of drug-likeness (QED) is 0.706. The monoisotopic (exact) mass is 220 g/mol. The summed E-state index contributed by atoms with van der Waals surface area (Å²) in [5.41, 5.74) is 1.06. The van der Waals surface area contributed by atoms with Crippen LogP contribution >= 0.6 is 0 Å². The third-order valence-corrected chi connectivity index (χ3v) is 2.69. The van der Waals surface area contributed by atoms with Gasteiger partial charge in [0, 0.05) is 11.9 Å². The summed E-state index contributed by atoms with van der Waals surface area (Å²) in [5, 5.41) is 5.76. The lowest BCUT2D eigenvalue weighted by molar-refractivity contribution is 1.31. The van der Waals surface area contributed by atoms with E-state index in [0.29, 0.717) is 0 Å². The van der Waals surface area contributed by atoms with Crippen molar-refractivity contribution in [2.45, 2.75) is 0 Å². The van der Waals surface area contributed by atoms with Crippen LogP contribution in [0.2, 0.25) is 0 Å². The minimum absolute atomic E-state index is 0.864. The SMILES string of the molecule is c1ccc(Nc2ccc3ccccc3c2)nc1. The van der Waals surface area contributed by atoms with Crippen LogP contribution in [-0.4, -0.2) is 4.98 Å². The molecule has 2 heteroatoms. The van der Waals surface area contributed by atoms with E-state index in [0.717, 1.165) is 11.5 Å². The standard InChI is InChI=1S/C15H12N2/c1-2-6-13-11-14(9-8-12(13)5-1)17-15-7-3-4-10-16-15/h1-11H,(H,16,17). The molecule has 1 heterocycles. The first-order valence-electron chi connectivity index (χ1n) is 5.59. The Kier molecular flexibility index (Phi) is 2.47. The summed E-state index contributed by atoms with van der Waals surface area (Å²) in [6.07, 6.45) is 1.78. The van der Waals surface area contributed by atoms with Gasteiger partial charge in [-0.05, 0) is 35.0 Å². The minimum Gasteiger partial charge on any atom is -0.340 e. The summed E-state index contributed by atoms with van der Waals surface area (Å²) < 4.78 is 0. The summed E-state index contributed by atoms with van der Waals surface area (Å²) >= 11 is 0. The zero-order valence-electron chi connectivity index (χ0n) is 9.30. The molecule has 0 spiro atoms. The first kappa shape index (κ1) is 9.85. The number of nitrogens with one attached hydrogen (secondary N) is 1. The molecule has 0 saturated heterocycles. The topological polar surface area (TPSA) is 24.9 Å². The van der Waals surface area contributed by atoms with Crippen LogP contribution in [0, 0.1) is 0 Å². The van der Waals surface area contributed by atoms with Crippen molar-refractivity contribution in [2.24, 2.45) is 0 Å². The van der Waals surface area contributed by atoms with Gasteiger partial charge in [0.05, 0.1) is 0 Å². The Hall–Kier alpha value is -2.35. The second-order valence-electron chi connectivity index (χ2n) is 3.90. The zero-order valence-corrected chi connectivity index (χ0v) is 9.30. The number of benzene rings is 2. The highest BCUT2D eigenvalue weighted by molar-refractivity contribution is 5.86. The summed E-state index contributed by atoms with van der Waals surface area (Å²) in [6.45, 7) is 0. The number of nitrogens with zero attached hydrogens (tertiary/aromatic N) is 1. The molecule has 82 valence electrons. The van der Waals surface area contributed by atoms with E-state index in [1.54, 1.807) is 6.20 Å². The Labute approximate surface area is 99.9 Å². The van der Waals surface area contributed by atoms with Gasteiger partial charge in [-0.1, -0.05) is 36.4 Å². The lowest BCUT2D eigenvalue weighted by atomic mass is 10.1. The summed E-state index contributed by atoms with van der Waals surface area (Å²) in [7, 11) is 0. The van der Waals surface area contributed by atoms with Gasteiger partial charge in [-0.3, -0.25) is 0 Å². The predicted octanol–water partition coefficient (Wildman–Crippen LogP) is 3.98. The highest BCUT2D eigenvalue weighted by atomic mass is 15.0. The minimum atomic E-state index is 0.864. The van der Waals surface area contributed by atoms with E-state index in [1.807, 2.05) is 30.3 Å². The van der Waals surface area contributed by atoms with Crippen molar-refractivity contribution in [3.05, 3.63) is 66.9 Å². The third-order valence-electron chi connectivity index (χ3n) is 2.69. The van der Waals surface area contributed by atoms with E-state index < -0.39 is 0 Å². The third kappa shape index (κ3) is 2.11. The Bertz CT molecular complexity index is 633. The molecule has 2 nitrogen and oxygen atoms in total. The molecule has 3 rings (SSSR count). The Morgan fingerprint density at radius 2 is 1.59 bits per heavy atom. The molecule has 0 saturated carbocycles. The molecular formula is C15H12N2. The first-order valence-corrected chi connectivity index (χ1v) is 5.59. The maximum absolute atomic E-state index is 4.24. The molecule has 1 N–H and O–H groups in total. The first-order chi connectivity index (χ1) is 8.42. The van der Waals surface area contributed by atoms with E-state index in [-0.39, 0.29) is 0 Å². The number of fused-ring (bicyclic) bond motifs is 1. The molecule has 0 aliphatic carbocycles. The van der Waals surface area contributed by atoms with Crippen LogP contribution in [0.5, 0.6) is 0 Å². The van der Waals surface area contributed by atoms with E-state index in [2.05, 4.69) is 40.6 Å². The molecule has 2 aromatic carbocycles. The van der Waals surface area contributed by atoms with Crippen molar-refractivity contribution >= 4 is 22.3 Å². The largest absolute Gasteiger partial charge is 0.340 e. The summed E-state index contributed by atoms with van der Waals surface area (Å²) in [4.78, 5) is 4.24. The number of pyridine rings is 1. The van der Waals surface area contributed by atoms with Gasteiger partial charge in [0.25, 0.3) is 0 Å². The van der Waals surface area contributed by atoms with Crippen molar-refractivity contribution in [1.29, 1.82) is 0 Å². The number of hydrogen-bond acceptors (Lipinski definition) is 2. The van der Waals surface area contributed by atoms with Gasteiger partial charge in [0.2, 0.25) is 0 Å². The van der Waals surface area contributed by atoms with Crippen LogP contribution < -0.4 is 5.32 Å². The van der Waals surface area contributed by atoms with E-state index >= 15 is 0 Å². The van der Waals surface area contributed by atoms with E-state index in [4.69, 9.17) is 0 Å². The molecule has 0 fully saturated rings. The van der Waals surface area contributed by atoms with Crippen LogP contribution in [0.1, 0.15) is 0 Å². The smallest absolute Gasteiger partial charge is 0.130 e. The van der Waals surface area contributed by atoms with Gasteiger partial charge in [-0.2, -0.15) is 0 Å². The fourth-order valence-corrected chi connectivity index (χ4v) is 1.85. The molecular weight excluding hydrogens is 208 g/mol. The molecule has 0 unspecified atom stereocenters. The van der Waals surface area contributed by atoms with Crippen LogP contribution in [0.25, 0.3) is 10.8 Å². The summed E-state index contributed by atoms with van der Waals surface area (Å²) in [6, 6.07) is 20.5. The predicted molar refractivity (Wildman–Crippen MR) is 71.5 cm³/mol. The van der Waals surface area contributed by atoms with Gasteiger partial charge in [0.15, 0.2) is 0 Å². The number of aromatic nitrogens is 1. The number of rotatable bonds is 2. The molecule has 3 aromatic rings. The number of hydrogen-bond donors (Lipinski definition) is 1. The van der Waals surface area contributed by atoms with Gasteiger partial charge < -0.3 is 5.32 Å². The maximum Gasteiger partial charge on any atom is 0.130 e. The summed E-state index contributed by atoms with van der Waals surface area (Å²) in [5.74, 6) is 0.864. The fraction of sp³-hybridized carbons (Fsp3) is 0. The molecule has 17 heavy (non-hydrogen) atoms. The lowest BCUT2D eigenvalue weighted by Crippen LogP contribution is -1.92. The molecule has 0 aliphatic rings. The molecule has 0 amide bonds. The van der Waals surface area contributed by atoms with Gasteiger partial charge >= 0.3 is 0 Å². The highest BCUT2D eigenvalue weighted by Gasteiger charge is 1.96. The molecule has 0 aliphatic heterocycles. The van der Waals surface area contributed by atoms with Gasteiger partial charge in [-0.15, -0.1) is 0 Å². The van der Waals surface area contributed by atoms with Gasteiger partial charge in [0.1, 0.15) is 5.82 Å². The normalized spacial score (nSPS) is 10.4. The highest BCUT2D eigenvalue weighted by Crippen LogP contribution is 2.21. The molecule has 1 aromatic heterocycles. The fourth-order valence-electron chi connectivity index (χ4n) is 1.85. The second-order valence-corrected chi connectivity index (χ2v) is 3.90. The zero-order chi connectivity index (χ0) is 11.5. The van der Waals surface area contributed by atoms with Gasteiger partial charge in [-0.25, -0.2) is 4.98 Å². The van der Waals surface area contributed by atoms with Crippen molar-refractivity contribution in [1.82, 2.24) is 4.98 Å². The van der Waals surface area contributed by atoms with Crippen molar-refractivity contribution < 1.29 is 0 Å². The van der Waals surface area contributed by atoms with Crippen LogP contribution in [0.4, 0.5) is 11.5 Å². The molecule has 0 radical (unpaired) electrons. The maximum atomic E-state index is 4.24. The van der Waals surface area contributed by atoms with Crippen LogP contribution in [0.15, 0.2) is 66.9 Å². The second kappa shape index (κ2) is 4.26. The van der Waals surface area contributed by atoms with Crippen LogP contribution in [-0.2, 0) is 0 Å². The van der Waals surface area contributed by atoms with E-state index in [1.165, 1.54) is 10.8 Å². The van der Waals surface area contributed by atoms with Crippen LogP contribution in [0.3, 0.4) is 0 Å². The average molecular weight is 220 g/mol.